The monoisotopic (exact) mass is 256 g/mol. The molecule has 94 valence electrons. The molecule has 0 heterocycles. The molecule has 0 atom stereocenters. The predicted octanol–water partition coefficient (Wildman–Crippen LogP) is 2.59. The van der Waals surface area contributed by atoms with E-state index < -0.39 is 0 Å². The molecule has 0 saturated carbocycles. The van der Waals surface area contributed by atoms with Crippen molar-refractivity contribution in [2.24, 2.45) is 0 Å². The zero-order valence-electron chi connectivity index (χ0n) is 10.5. The third-order valence-corrected chi connectivity index (χ3v) is 2.73. The molecule has 0 aromatic heterocycles. The lowest BCUT2D eigenvalue weighted by atomic mass is 10.1. The second-order valence-electron chi connectivity index (χ2n) is 4.62. The van der Waals surface area contributed by atoms with E-state index in [0.717, 1.165) is 0 Å². The molecule has 0 aliphatic rings. The van der Waals surface area contributed by atoms with Gasteiger partial charge < -0.3 is 4.74 Å². The maximum absolute atomic E-state index is 11.8. The minimum atomic E-state index is -0.344. The maximum Gasteiger partial charge on any atom is 0.266 e. The number of hydrogen-bond donors (Lipinski definition) is 1. The van der Waals surface area contributed by atoms with E-state index in [-0.39, 0.29) is 11.4 Å². The Hall–Kier alpha value is -1.26. The van der Waals surface area contributed by atoms with Gasteiger partial charge in [0.05, 0.1) is 7.11 Å². The Balaban J connectivity index is 2.70. The van der Waals surface area contributed by atoms with Crippen LogP contribution in [-0.2, 0) is 0 Å². The van der Waals surface area contributed by atoms with E-state index in [0.29, 0.717) is 11.3 Å². The molecule has 0 aliphatic heterocycles. The van der Waals surface area contributed by atoms with Crippen LogP contribution in [0.1, 0.15) is 31.1 Å². The molecule has 4 nitrogen and oxygen atoms in total. The molecular weight excluding hydrogens is 240 g/mol. The summed E-state index contributed by atoms with van der Waals surface area (Å²) in [5.74, 6) is 0.456. The topological polar surface area (TPSA) is 41.6 Å². The van der Waals surface area contributed by atoms with Gasteiger partial charge in [-0.2, -0.15) is 0 Å². The molecule has 0 fully saturated rings. The van der Waals surface area contributed by atoms with Crippen molar-refractivity contribution in [1.82, 2.24) is 9.95 Å². The highest BCUT2D eigenvalue weighted by molar-refractivity contribution is 6.14. The number of nitrogens with zero attached hydrogens (tertiary/aromatic N) is 1. The Morgan fingerprint density at radius 2 is 1.82 bits per heavy atom. The third-order valence-electron chi connectivity index (χ3n) is 2.14. The molecule has 5 heteroatoms. The Morgan fingerprint density at radius 1 is 1.29 bits per heavy atom. The molecule has 1 aromatic rings. The van der Waals surface area contributed by atoms with Gasteiger partial charge >= 0.3 is 0 Å². The number of benzene rings is 1. The first-order valence-corrected chi connectivity index (χ1v) is 5.59. The average Bonchev–Trinajstić information content (AvgIpc) is 2.27. The van der Waals surface area contributed by atoms with E-state index in [2.05, 4.69) is 5.43 Å². The van der Waals surface area contributed by atoms with Crippen molar-refractivity contribution < 1.29 is 9.53 Å². The summed E-state index contributed by atoms with van der Waals surface area (Å²) in [6.07, 6.45) is 0. The van der Waals surface area contributed by atoms with Gasteiger partial charge in [-0.15, -0.1) is 4.53 Å². The molecule has 1 N–H and O–H groups in total. The van der Waals surface area contributed by atoms with Crippen molar-refractivity contribution in [3.8, 4) is 5.75 Å². The molecule has 0 spiro atoms. The standard InChI is InChI=1S/C12H17ClN2O2/c1-12(2,3)15(13)14-11(16)9-5-7-10(17-4)8-6-9/h5-8H,1-4H3,(H,14,16). The van der Waals surface area contributed by atoms with E-state index in [1.54, 1.807) is 31.4 Å². The van der Waals surface area contributed by atoms with Crippen molar-refractivity contribution in [3.05, 3.63) is 29.8 Å². The smallest absolute Gasteiger partial charge is 0.266 e. The Morgan fingerprint density at radius 3 is 2.24 bits per heavy atom. The van der Waals surface area contributed by atoms with Crippen LogP contribution in [0.4, 0.5) is 0 Å². The van der Waals surface area contributed by atoms with Crippen molar-refractivity contribution >= 4 is 17.7 Å². The van der Waals surface area contributed by atoms with E-state index in [1.807, 2.05) is 20.8 Å². The highest BCUT2D eigenvalue weighted by Crippen LogP contribution is 2.15. The largest absolute Gasteiger partial charge is 0.497 e. The number of hydrogen-bond acceptors (Lipinski definition) is 3. The van der Waals surface area contributed by atoms with Gasteiger partial charge in [-0.3, -0.25) is 10.2 Å². The van der Waals surface area contributed by atoms with E-state index >= 15 is 0 Å². The van der Waals surface area contributed by atoms with Gasteiger partial charge in [0.1, 0.15) is 5.75 Å². The van der Waals surface area contributed by atoms with Gasteiger partial charge in [0.15, 0.2) is 0 Å². The Labute approximate surface area is 107 Å². The first-order valence-electron chi connectivity index (χ1n) is 5.25. The molecular formula is C12H17ClN2O2. The Bertz CT molecular complexity index is 384. The fraction of sp³-hybridized carbons (Fsp3) is 0.417. The first kappa shape index (κ1) is 13.8. The van der Waals surface area contributed by atoms with E-state index in [9.17, 15) is 4.79 Å². The molecule has 0 bridgehead atoms. The first-order chi connectivity index (χ1) is 7.84. The normalized spacial score (nSPS) is 11.4. The Kier molecular flexibility index (Phi) is 4.37. The quantitative estimate of drug-likeness (QED) is 0.668. The minimum Gasteiger partial charge on any atom is -0.497 e. The molecule has 1 rings (SSSR count). The van der Waals surface area contributed by atoms with Gasteiger partial charge in [-0.25, -0.2) is 0 Å². The zero-order chi connectivity index (χ0) is 13.1. The van der Waals surface area contributed by atoms with Crippen LogP contribution in [0, 0.1) is 0 Å². The highest BCUT2D eigenvalue weighted by atomic mass is 35.5. The molecule has 0 radical (unpaired) electrons. The van der Waals surface area contributed by atoms with Crippen LogP contribution < -0.4 is 10.2 Å². The lowest BCUT2D eigenvalue weighted by Gasteiger charge is -2.28. The summed E-state index contributed by atoms with van der Waals surface area (Å²) in [7, 11) is 1.58. The molecule has 1 aromatic carbocycles. The second-order valence-corrected chi connectivity index (χ2v) is 4.96. The van der Waals surface area contributed by atoms with Gasteiger partial charge in [0, 0.05) is 22.9 Å². The van der Waals surface area contributed by atoms with E-state index in [1.165, 1.54) is 4.53 Å². The summed E-state index contributed by atoms with van der Waals surface area (Å²) in [6.45, 7) is 5.69. The van der Waals surface area contributed by atoms with Crippen LogP contribution in [0.15, 0.2) is 24.3 Å². The van der Waals surface area contributed by atoms with Crippen LogP contribution in [0.2, 0.25) is 0 Å². The summed E-state index contributed by atoms with van der Waals surface area (Å²) in [6, 6.07) is 6.82. The number of rotatable bonds is 3. The maximum atomic E-state index is 11.8. The summed E-state index contributed by atoms with van der Waals surface area (Å²) in [4.78, 5) is 11.8. The lowest BCUT2D eigenvalue weighted by Crippen LogP contribution is -2.46. The fourth-order valence-electron chi connectivity index (χ4n) is 1.06. The van der Waals surface area contributed by atoms with E-state index in [4.69, 9.17) is 16.5 Å². The molecule has 1 amide bonds. The van der Waals surface area contributed by atoms with Gasteiger partial charge in [0.25, 0.3) is 5.91 Å². The van der Waals surface area contributed by atoms with Crippen LogP contribution in [0.5, 0.6) is 5.75 Å². The zero-order valence-corrected chi connectivity index (χ0v) is 11.2. The summed E-state index contributed by atoms with van der Waals surface area (Å²) < 4.78 is 6.28. The molecule has 0 aliphatic carbocycles. The number of carbonyl (C=O) groups is 1. The van der Waals surface area contributed by atoms with Crippen LogP contribution >= 0.6 is 11.8 Å². The number of methoxy groups -OCH3 is 1. The van der Waals surface area contributed by atoms with Crippen molar-refractivity contribution in [1.29, 1.82) is 0 Å². The van der Waals surface area contributed by atoms with Crippen molar-refractivity contribution in [2.75, 3.05) is 7.11 Å². The van der Waals surface area contributed by atoms with Gasteiger partial charge in [-0.1, -0.05) is 0 Å². The van der Waals surface area contributed by atoms with Crippen molar-refractivity contribution in [2.45, 2.75) is 26.3 Å². The number of hydrazine groups is 1. The third kappa shape index (κ3) is 3.91. The number of halogens is 1. The van der Waals surface area contributed by atoms with Crippen molar-refractivity contribution in [3.63, 3.8) is 0 Å². The van der Waals surface area contributed by atoms with Gasteiger partial charge in [0.2, 0.25) is 0 Å². The lowest BCUT2D eigenvalue weighted by molar-refractivity contribution is 0.0806. The van der Waals surface area contributed by atoms with Crippen LogP contribution in [0.25, 0.3) is 0 Å². The van der Waals surface area contributed by atoms with Crippen LogP contribution in [0.3, 0.4) is 0 Å². The number of ether oxygens (including phenoxy) is 1. The average molecular weight is 257 g/mol. The number of amides is 1. The second kappa shape index (κ2) is 5.38. The summed E-state index contributed by atoms with van der Waals surface area (Å²) in [5, 5.41) is 0. The number of nitrogens with one attached hydrogen (secondary N) is 1. The SMILES string of the molecule is COc1ccc(C(=O)NN(Cl)C(C)(C)C)cc1. The molecule has 0 saturated heterocycles. The molecule has 17 heavy (non-hydrogen) atoms. The molecule has 0 unspecified atom stereocenters. The summed E-state index contributed by atoms with van der Waals surface area (Å²) >= 11 is 5.94. The minimum absolute atomic E-state index is 0.252. The fourth-order valence-corrected chi connectivity index (χ4v) is 1.14. The predicted molar refractivity (Wildman–Crippen MR) is 67.9 cm³/mol. The van der Waals surface area contributed by atoms with Crippen LogP contribution in [-0.4, -0.2) is 23.1 Å². The number of carbonyl (C=O) groups excluding carboxylic acids is 1. The summed E-state index contributed by atoms with van der Waals surface area (Å²) in [5.41, 5.74) is 2.78. The van der Waals surface area contributed by atoms with Gasteiger partial charge in [-0.05, 0) is 45.0 Å². The highest BCUT2D eigenvalue weighted by Gasteiger charge is 2.21.